The lowest BCUT2D eigenvalue weighted by Crippen LogP contribution is -1.99. The first-order valence-electron chi connectivity index (χ1n) is 6.79. The van der Waals surface area contributed by atoms with Gasteiger partial charge in [0.05, 0.1) is 11.4 Å². The Balaban J connectivity index is 1.73. The maximum atomic E-state index is 5.90. The molecule has 22 heavy (non-hydrogen) atoms. The fraction of sp³-hybridized carbons (Fsp3) is 0.0588. The zero-order valence-corrected chi connectivity index (χ0v) is 13.5. The molecule has 0 spiro atoms. The smallest absolute Gasteiger partial charge is 0.203 e. The predicted octanol–water partition coefficient (Wildman–Crippen LogP) is 5.30. The molecule has 1 heterocycles. The molecule has 3 nitrogen and oxygen atoms in total. The zero-order chi connectivity index (χ0) is 15.4. The SMILES string of the molecule is C/C(=N\Nc1nc(-c2ccc(Cl)cc2)cs1)c1ccccc1. The van der Waals surface area contributed by atoms with Crippen molar-refractivity contribution in [2.24, 2.45) is 5.10 Å². The quantitative estimate of drug-likeness (QED) is 0.521. The number of rotatable bonds is 4. The van der Waals surface area contributed by atoms with Crippen molar-refractivity contribution in [2.75, 3.05) is 5.43 Å². The minimum absolute atomic E-state index is 0.723. The van der Waals surface area contributed by atoms with Gasteiger partial charge in [0.1, 0.15) is 0 Å². The number of benzene rings is 2. The van der Waals surface area contributed by atoms with Crippen LogP contribution in [-0.4, -0.2) is 10.7 Å². The van der Waals surface area contributed by atoms with E-state index in [1.807, 2.05) is 66.9 Å². The van der Waals surface area contributed by atoms with E-state index in [4.69, 9.17) is 11.6 Å². The van der Waals surface area contributed by atoms with Crippen molar-refractivity contribution in [3.8, 4) is 11.3 Å². The highest BCUT2D eigenvalue weighted by Crippen LogP contribution is 2.26. The number of aromatic nitrogens is 1. The molecule has 2 aromatic carbocycles. The van der Waals surface area contributed by atoms with Crippen molar-refractivity contribution in [1.82, 2.24) is 4.98 Å². The normalized spacial score (nSPS) is 11.5. The molecule has 0 amide bonds. The predicted molar refractivity (Wildman–Crippen MR) is 94.8 cm³/mol. The minimum Gasteiger partial charge on any atom is -0.252 e. The van der Waals surface area contributed by atoms with Gasteiger partial charge in [-0.3, -0.25) is 5.43 Å². The third-order valence-electron chi connectivity index (χ3n) is 3.15. The molecule has 0 atom stereocenters. The second-order valence-electron chi connectivity index (χ2n) is 4.72. The topological polar surface area (TPSA) is 37.3 Å². The summed E-state index contributed by atoms with van der Waals surface area (Å²) in [6.07, 6.45) is 0. The molecule has 3 aromatic rings. The Morgan fingerprint density at radius 1 is 1.09 bits per heavy atom. The molecule has 0 aliphatic rings. The van der Waals surface area contributed by atoms with Gasteiger partial charge in [0.2, 0.25) is 5.13 Å². The highest BCUT2D eigenvalue weighted by atomic mass is 35.5. The van der Waals surface area contributed by atoms with Gasteiger partial charge in [-0.25, -0.2) is 4.98 Å². The zero-order valence-electron chi connectivity index (χ0n) is 12.0. The lowest BCUT2D eigenvalue weighted by atomic mass is 10.1. The van der Waals surface area contributed by atoms with Crippen LogP contribution in [0, 0.1) is 0 Å². The molecule has 110 valence electrons. The summed E-state index contributed by atoms with van der Waals surface area (Å²) >= 11 is 7.42. The molecule has 0 bridgehead atoms. The van der Waals surface area contributed by atoms with Crippen molar-refractivity contribution in [3.63, 3.8) is 0 Å². The highest BCUT2D eigenvalue weighted by molar-refractivity contribution is 7.14. The van der Waals surface area contributed by atoms with Gasteiger partial charge in [0, 0.05) is 16.0 Å². The van der Waals surface area contributed by atoms with Crippen molar-refractivity contribution < 1.29 is 0 Å². The number of nitrogens with zero attached hydrogens (tertiary/aromatic N) is 2. The van der Waals surface area contributed by atoms with Crippen molar-refractivity contribution in [2.45, 2.75) is 6.92 Å². The molecule has 1 aromatic heterocycles. The second kappa shape index (κ2) is 6.73. The average Bonchev–Trinajstić information content (AvgIpc) is 3.03. The first-order chi connectivity index (χ1) is 10.7. The van der Waals surface area contributed by atoms with Crippen LogP contribution in [0.15, 0.2) is 65.1 Å². The molecule has 0 saturated heterocycles. The van der Waals surface area contributed by atoms with Gasteiger partial charge in [0.15, 0.2) is 0 Å². The number of hydrogen-bond acceptors (Lipinski definition) is 4. The first-order valence-corrected chi connectivity index (χ1v) is 8.05. The molecule has 0 radical (unpaired) electrons. The van der Waals surface area contributed by atoms with Crippen LogP contribution in [0.1, 0.15) is 12.5 Å². The Morgan fingerprint density at radius 2 is 1.82 bits per heavy atom. The monoisotopic (exact) mass is 327 g/mol. The van der Waals surface area contributed by atoms with Gasteiger partial charge in [-0.05, 0) is 24.6 Å². The number of nitrogens with one attached hydrogen (secondary N) is 1. The van der Waals surface area contributed by atoms with E-state index >= 15 is 0 Å². The molecular formula is C17H14ClN3S. The van der Waals surface area contributed by atoms with E-state index in [0.29, 0.717) is 0 Å². The van der Waals surface area contributed by atoms with Gasteiger partial charge in [-0.1, -0.05) is 54.1 Å². The van der Waals surface area contributed by atoms with Gasteiger partial charge in [0.25, 0.3) is 0 Å². The van der Waals surface area contributed by atoms with Gasteiger partial charge in [-0.15, -0.1) is 11.3 Å². The fourth-order valence-electron chi connectivity index (χ4n) is 1.95. The maximum absolute atomic E-state index is 5.90. The average molecular weight is 328 g/mol. The molecular weight excluding hydrogens is 314 g/mol. The molecule has 0 unspecified atom stereocenters. The molecule has 0 aliphatic heterocycles. The summed E-state index contributed by atoms with van der Waals surface area (Å²) < 4.78 is 0. The lowest BCUT2D eigenvalue weighted by Gasteiger charge is -2.00. The minimum atomic E-state index is 0.723. The second-order valence-corrected chi connectivity index (χ2v) is 6.01. The Hall–Kier alpha value is -2.17. The van der Waals surface area contributed by atoms with Gasteiger partial charge < -0.3 is 0 Å². The van der Waals surface area contributed by atoms with Crippen LogP contribution in [0.4, 0.5) is 5.13 Å². The van der Waals surface area contributed by atoms with Crippen LogP contribution in [0.3, 0.4) is 0 Å². The van der Waals surface area contributed by atoms with Crippen molar-refractivity contribution >= 4 is 33.8 Å². The van der Waals surface area contributed by atoms with Gasteiger partial charge >= 0.3 is 0 Å². The molecule has 5 heteroatoms. The summed E-state index contributed by atoms with van der Waals surface area (Å²) in [6, 6.07) is 17.7. The summed E-state index contributed by atoms with van der Waals surface area (Å²) in [5.74, 6) is 0. The van der Waals surface area contributed by atoms with Crippen molar-refractivity contribution in [3.05, 3.63) is 70.6 Å². The largest absolute Gasteiger partial charge is 0.252 e. The molecule has 1 N–H and O–H groups in total. The third-order valence-corrected chi connectivity index (χ3v) is 4.15. The number of hydrazone groups is 1. The summed E-state index contributed by atoms with van der Waals surface area (Å²) in [4.78, 5) is 4.53. The maximum Gasteiger partial charge on any atom is 0.203 e. The Morgan fingerprint density at radius 3 is 2.55 bits per heavy atom. The Labute approximate surface area is 138 Å². The lowest BCUT2D eigenvalue weighted by molar-refractivity contribution is 1.27. The van der Waals surface area contributed by atoms with E-state index < -0.39 is 0 Å². The Kier molecular flexibility index (Phi) is 4.51. The van der Waals surface area contributed by atoms with Gasteiger partial charge in [-0.2, -0.15) is 5.10 Å². The summed E-state index contributed by atoms with van der Waals surface area (Å²) in [5.41, 5.74) is 6.97. The van der Waals surface area contributed by atoms with Crippen LogP contribution in [-0.2, 0) is 0 Å². The van der Waals surface area contributed by atoms with Crippen LogP contribution < -0.4 is 5.43 Å². The molecule has 0 aliphatic carbocycles. The van der Waals surface area contributed by atoms with E-state index in [1.165, 1.54) is 11.3 Å². The summed E-state index contributed by atoms with van der Waals surface area (Å²) in [6.45, 7) is 1.97. The van der Waals surface area contributed by atoms with E-state index in [1.54, 1.807) is 0 Å². The number of hydrogen-bond donors (Lipinski definition) is 1. The van der Waals surface area contributed by atoms with Crippen LogP contribution in [0.5, 0.6) is 0 Å². The summed E-state index contributed by atoms with van der Waals surface area (Å²) in [7, 11) is 0. The Bertz CT molecular complexity index is 779. The van der Waals surface area contributed by atoms with Crippen LogP contribution in [0.2, 0.25) is 5.02 Å². The third kappa shape index (κ3) is 3.53. The standard InChI is InChI=1S/C17H14ClN3S/c1-12(13-5-3-2-4-6-13)20-21-17-19-16(11-22-17)14-7-9-15(18)10-8-14/h2-11H,1H3,(H,19,21)/b20-12+. The highest BCUT2D eigenvalue weighted by Gasteiger charge is 2.04. The fourth-order valence-corrected chi connectivity index (χ4v) is 2.74. The number of anilines is 1. The molecule has 0 saturated carbocycles. The van der Waals surface area contributed by atoms with Crippen molar-refractivity contribution in [1.29, 1.82) is 0 Å². The number of thiazole rings is 1. The summed E-state index contributed by atoms with van der Waals surface area (Å²) in [5, 5.41) is 7.86. The number of halogens is 1. The molecule has 0 fully saturated rings. The van der Waals surface area contributed by atoms with Crippen LogP contribution in [0.25, 0.3) is 11.3 Å². The van der Waals surface area contributed by atoms with E-state index in [-0.39, 0.29) is 0 Å². The van der Waals surface area contributed by atoms with E-state index in [9.17, 15) is 0 Å². The van der Waals surface area contributed by atoms with Crippen LogP contribution >= 0.6 is 22.9 Å². The van der Waals surface area contributed by atoms with E-state index in [2.05, 4.69) is 15.5 Å². The molecule has 3 rings (SSSR count). The van der Waals surface area contributed by atoms with E-state index in [0.717, 1.165) is 32.7 Å². The first kappa shape index (κ1) is 14.8.